The van der Waals surface area contributed by atoms with Gasteiger partial charge in [-0.15, -0.1) is 0 Å². The van der Waals surface area contributed by atoms with Crippen molar-refractivity contribution < 1.29 is 23.9 Å². The molecular formula is C24H38N4O5. The number of carbonyl (C=O) groups is 4. The zero-order valence-electron chi connectivity index (χ0n) is 20.3. The highest BCUT2D eigenvalue weighted by Gasteiger charge is 2.28. The molecular weight excluding hydrogens is 424 g/mol. The van der Waals surface area contributed by atoms with Crippen molar-refractivity contribution in [2.24, 2.45) is 5.92 Å². The van der Waals surface area contributed by atoms with Crippen molar-refractivity contribution in [3.05, 3.63) is 29.8 Å². The molecule has 2 atom stereocenters. The molecule has 0 radical (unpaired) electrons. The molecule has 0 aromatic heterocycles. The minimum absolute atomic E-state index is 0.119. The van der Waals surface area contributed by atoms with Crippen LogP contribution in [0.4, 0.5) is 10.5 Å². The summed E-state index contributed by atoms with van der Waals surface area (Å²) in [6.07, 6.45) is 1.93. The summed E-state index contributed by atoms with van der Waals surface area (Å²) >= 11 is 0. The van der Waals surface area contributed by atoms with Crippen molar-refractivity contribution in [3.8, 4) is 0 Å². The Kier molecular flexibility index (Phi) is 12.6. The molecule has 0 fully saturated rings. The maximum absolute atomic E-state index is 12.8. The van der Waals surface area contributed by atoms with Crippen LogP contribution in [0.3, 0.4) is 0 Å². The number of alkyl carbamates (subject to hydrolysis) is 1. The van der Waals surface area contributed by atoms with E-state index >= 15 is 0 Å². The van der Waals surface area contributed by atoms with Gasteiger partial charge in [-0.2, -0.15) is 0 Å². The Morgan fingerprint density at radius 3 is 2.15 bits per heavy atom. The van der Waals surface area contributed by atoms with E-state index in [-0.39, 0.29) is 30.2 Å². The van der Waals surface area contributed by atoms with Gasteiger partial charge in [0, 0.05) is 18.7 Å². The highest BCUT2D eigenvalue weighted by atomic mass is 16.5. The summed E-state index contributed by atoms with van der Waals surface area (Å²) in [5, 5.41) is 10.9. The number of rotatable bonds is 13. The van der Waals surface area contributed by atoms with E-state index in [4.69, 9.17) is 4.74 Å². The van der Waals surface area contributed by atoms with E-state index in [1.165, 1.54) is 0 Å². The third kappa shape index (κ3) is 10.4. The summed E-state index contributed by atoms with van der Waals surface area (Å²) in [5.41, 5.74) is 1.33. The molecule has 1 rings (SSSR count). The van der Waals surface area contributed by atoms with Gasteiger partial charge in [0.05, 0.1) is 0 Å². The van der Waals surface area contributed by atoms with Gasteiger partial charge < -0.3 is 26.0 Å². The second-order valence-corrected chi connectivity index (χ2v) is 8.15. The van der Waals surface area contributed by atoms with Crippen molar-refractivity contribution in [2.75, 3.05) is 11.9 Å². The molecule has 0 aliphatic heterocycles. The summed E-state index contributed by atoms with van der Waals surface area (Å²) in [4.78, 5) is 49.0. The molecule has 4 amide bonds. The van der Waals surface area contributed by atoms with Crippen LogP contribution < -0.4 is 21.3 Å². The van der Waals surface area contributed by atoms with Gasteiger partial charge >= 0.3 is 6.09 Å². The number of anilines is 1. The third-order valence-corrected chi connectivity index (χ3v) is 4.98. The van der Waals surface area contributed by atoms with Crippen molar-refractivity contribution in [1.82, 2.24) is 16.0 Å². The molecule has 0 aliphatic carbocycles. The van der Waals surface area contributed by atoms with Crippen LogP contribution in [0.2, 0.25) is 0 Å². The number of hydrogen-bond donors (Lipinski definition) is 4. The molecule has 9 nitrogen and oxygen atoms in total. The first kappa shape index (κ1) is 27.9. The zero-order chi connectivity index (χ0) is 24.8. The predicted octanol–water partition coefficient (Wildman–Crippen LogP) is 3.10. The van der Waals surface area contributed by atoms with E-state index in [0.717, 1.165) is 18.4 Å². The van der Waals surface area contributed by atoms with Crippen LogP contribution in [0, 0.1) is 5.92 Å². The van der Waals surface area contributed by atoms with Crippen LogP contribution >= 0.6 is 0 Å². The highest BCUT2D eigenvalue weighted by Crippen LogP contribution is 2.12. The minimum atomic E-state index is -0.743. The standard InChI is InChI=1S/C24H38N4O5/c1-6-9-10-20(29)28-21(16(4)5)23(31)27-19(7-2)22(30)26-18-13-11-17(12-14-18)15-33-24(32)25-8-3/h11-14,16,19,21H,6-10,15H2,1-5H3,(H,25,32)(H,26,30)(H,27,31)(H,28,29)/t19-,21-/m0/s1. The smallest absolute Gasteiger partial charge is 0.407 e. The molecule has 4 N–H and O–H groups in total. The Hall–Kier alpha value is -3.10. The summed E-state index contributed by atoms with van der Waals surface area (Å²) < 4.78 is 5.06. The number of unbranched alkanes of at least 4 members (excludes halogenated alkanes) is 1. The van der Waals surface area contributed by atoms with E-state index in [0.29, 0.717) is 25.1 Å². The fourth-order valence-corrected chi connectivity index (χ4v) is 2.99. The van der Waals surface area contributed by atoms with E-state index in [1.54, 1.807) is 38.1 Å². The fraction of sp³-hybridized carbons (Fsp3) is 0.583. The lowest BCUT2D eigenvalue weighted by atomic mass is 10.0. The lowest BCUT2D eigenvalue weighted by Crippen LogP contribution is -2.54. The van der Waals surface area contributed by atoms with E-state index in [1.807, 2.05) is 20.8 Å². The summed E-state index contributed by atoms with van der Waals surface area (Å²) in [6.45, 7) is 9.91. The molecule has 0 unspecified atom stereocenters. The van der Waals surface area contributed by atoms with Crippen LogP contribution in [0.25, 0.3) is 0 Å². The number of nitrogens with one attached hydrogen (secondary N) is 4. The Balaban J connectivity index is 2.67. The quantitative estimate of drug-likeness (QED) is 0.358. The van der Waals surface area contributed by atoms with E-state index in [9.17, 15) is 19.2 Å². The molecule has 0 bridgehead atoms. The molecule has 0 heterocycles. The van der Waals surface area contributed by atoms with Gasteiger partial charge in [-0.1, -0.05) is 46.2 Å². The Morgan fingerprint density at radius 2 is 1.61 bits per heavy atom. The third-order valence-electron chi connectivity index (χ3n) is 4.98. The first-order chi connectivity index (χ1) is 15.7. The monoisotopic (exact) mass is 462 g/mol. The zero-order valence-corrected chi connectivity index (χ0v) is 20.3. The van der Waals surface area contributed by atoms with E-state index in [2.05, 4.69) is 21.3 Å². The van der Waals surface area contributed by atoms with Gasteiger partial charge in [0.15, 0.2) is 0 Å². The van der Waals surface area contributed by atoms with Crippen molar-refractivity contribution in [1.29, 1.82) is 0 Å². The number of ether oxygens (including phenoxy) is 1. The largest absolute Gasteiger partial charge is 0.445 e. The molecule has 1 aromatic rings. The molecule has 9 heteroatoms. The Labute approximate surface area is 196 Å². The van der Waals surface area contributed by atoms with Gasteiger partial charge in [0.1, 0.15) is 18.7 Å². The minimum Gasteiger partial charge on any atom is -0.445 e. The molecule has 0 saturated carbocycles. The first-order valence-corrected chi connectivity index (χ1v) is 11.6. The molecule has 1 aromatic carbocycles. The fourth-order valence-electron chi connectivity index (χ4n) is 2.99. The lowest BCUT2D eigenvalue weighted by Gasteiger charge is -2.25. The van der Waals surface area contributed by atoms with Crippen LogP contribution in [0.5, 0.6) is 0 Å². The van der Waals surface area contributed by atoms with Gasteiger partial charge in [-0.25, -0.2) is 4.79 Å². The van der Waals surface area contributed by atoms with Crippen molar-refractivity contribution in [3.63, 3.8) is 0 Å². The Bertz CT molecular complexity index is 780. The second kappa shape index (κ2) is 14.9. The summed E-state index contributed by atoms with van der Waals surface area (Å²) in [7, 11) is 0. The van der Waals surface area contributed by atoms with Crippen LogP contribution in [-0.4, -0.2) is 42.4 Å². The molecule has 0 saturated heterocycles. The van der Waals surface area contributed by atoms with Gasteiger partial charge in [-0.05, 0) is 43.4 Å². The predicted molar refractivity (Wildman–Crippen MR) is 127 cm³/mol. The Morgan fingerprint density at radius 1 is 0.939 bits per heavy atom. The molecule has 184 valence electrons. The molecule has 33 heavy (non-hydrogen) atoms. The van der Waals surface area contributed by atoms with E-state index < -0.39 is 18.2 Å². The normalized spacial score (nSPS) is 12.4. The molecule has 0 spiro atoms. The van der Waals surface area contributed by atoms with Gasteiger partial charge in [-0.3, -0.25) is 14.4 Å². The van der Waals surface area contributed by atoms with Crippen LogP contribution in [-0.2, 0) is 25.7 Å². The number of benzene rings is 1. The van der Waals surface area contributed by atoms with Crippen molar-refractivity contribution >= 4 is 29.5 Å². The number of amides is 4. The van der Waals surface area contributed by atoms with Gasteiger partial charge in [0.25, 0.3) is 0 Å². The number of hydrogen-bond acceptors (Lipinski definition) is 5. The molecule has 0 aliphatic rings. The average Bonchev–Trinajstić information content (AvgIpc) is 2.78. The second-order valence-electron chi connectivity index (χ2n) is 8.15. The summed E-state index contributed by atoms with van der Waals surface area (Å²) in [6, 6.07) is 5.44. The van der Waals surface area contributed by atoms with Gasteiger partial charge in [0.2, 0.25) is 17.7 Å². The SMILES string of the molecule is CCCCC(=O)N[C@H](C(=O)N[C@@H](CC)C(=O)Nc1ccc(COC(=O)NCC)cc1)C(C)C. The van der Waals surface area contributed by atoms with Crippen molar-refractivity contribution in [2.45, 2.75) is 79.0 Å². The van der Waals surface area contributed by atoms with Crippen LogP contribution in [0.1, 0.15) is 65.9 Å². The maximum Gasteiger partial charge on any atom is 0.407 e. The average molecular weight is 463 g/mol. The topological polar surface area (TPSA) is 126 Å². The first-order valence-electron chi connectivity index (χ1n) is 11.6. The number of carbonyl (C=O) groups excluding carboxylic acids is 4. The van der Waals surface area contributed by atoms with Crippen LogP contribution in [0.15, 0.2) is 24.3 Å². The highest BCUT2D eigenvalue weighted by molar-refractivity contribution is 5.98. The summed E-state index contributed by atoms with van der Waals surface area (Å²) in [5.74, 6) is -1.02. The maximum atomic E-state index is 12.8. The lowest BCUT2D eigenvalue weighted by molar-refractivity contribution is -0.132.